The number of hydrogen-bond acceptors (Lipinski definition) is 3. The van der Waals surface area contributed by atoms with Crippen molar-refractivity contribution in [2.75, 3.05) is 7.05 Å². The molecule has 2 saturated heterocycles. The highest BCUT2D eigenvalue weighted by Crippen LogP contribution is 2.34. The van der Waals surface area contributed by atoms with E-state index in [1.54, 1.807) is 0 Å². The summed E-state index contributed by atoms with van der Waals surface area (Å²) in [6, 6.07) is 9.69. The van der Waals surface area contributed by atoms with Crippen molar-refractivity contribution in [2.24, 2.45) is 0 Å². The zero-order valence-electron chi connectivity index (χ0n) is 14.7. The van der Waals surface area contributed by atoms with Gasteiger partial charge in [-0.05, 0) is 58.7 Å². The maximum atomic E-state index is 12.9. The first-order valence-electron chi connectivity index (χ1n) is 9.04. The second kappa shape index (κ2) is 5.88. The number of carbonyl (C=O) groups excluding carboxylic acids is 1. The van der Waals surface area contributed by atoms with Crippen molar-refractivity contribution >= 4 is 16.9 Å². The van der Waals surface area contributed by atoms with Crippen LogP contribution in [-0.4, -0.2) is 45.5 Å². The molecule has 2 aliphatic rings. The van der Waals surface area contributed by atoms with Gasteiger partial charge in [0.25, 0.3) is 5.91 Å². The van der Waals surface area contributed by atoms with Gasteiger partial charge in [-0.25, -0.2) is 4.98 Å². The van der Waals surface area contributed by atoms with Crippen LogP contribution in [0.3, 0.4) is 0 Å². The van der Waals surface area contributed by atoms with Gasteiger partial charge in [0.1, 0.15) is 0 Å². The van der Waals surface area contributed by atoms with Gasteiger partial charge in [-0.1, -0.05) is 12.1 Å². The number of carbonyl (C=O) groups is 1. The summed E-state index contributed by atoms with van der Waals surface area (Å²) in [6.45, 7) is 4.20. The van der Waals surface area contributed by atoms with Gasteiger partial charge in [-0.2, -0.15) is 0 Å². The van der Waals surface area contributed by atoms with Crippen LogP contribution in [0.25, 0.3) is 11.0 Å². The first kappa shape index (κ1) is 15.6. The topological polar surface area (TPSA) is 50.2 Å². The lowest BCUT2D eigenvalue weighted by molar-refractivity contribution is 0.0867. The second-order valence-corrected chi connectivity index (χ2v) is 7.58. The molecule has 1 aromatic heterocycles. The molecular formula is C19H26N4O. The average Bonchev–Trinajstić information content (AvgIpc) is 3.02. The lowest BCUT2D eigenvalue weighted by atomic mass is 9.98. The molecule has 5 heteroatoms. The SMILES string of the molecule is CC(C)n1c(C(=O)NC2CC3CCC(C2)N3C)nc2ccccc21. The Balaban J connectivity index is 1.59. The molecule has 0 spiro atoms. The van der Waals surface area contributed by atoms with Crippen molar-refractivity contribution in [1.82, 2.24) is 19.8 Å². The summed E-state index contributed by atoms with van der Waals surface area (Å²) in [5, 5.41) is 3.26. The number of nitrogens with zero attached hydrogens (tertiary/aromatic N) is 3. The first-order valence-corrected chi connectivity index (χ1v) is 9.04. The van der Waals surface area contributed by atoms with Crippen molar-refractivity contribution in [1.29, 1.82) is 0 Å². The number of nitrogens with one attached hydrogen (secondary N) is 1. The smallest absolute Gasteiger partial charge is 0.287 e. The van der Waals surface area contributed by atoms with Crippen molar-refractivity contribution in [3.05, 3.63) is 30.1 Å². The molecule has 1 N–H and O–H groups in total. The Morgan fingerprint density at radius 2 is 1.88 bits per heavy atom. The molecule has 1 amide bonds. The van der Waals surface area contributed by atoms with E-state index in [4.69, 9.17) is 0 Å². The maximum Gasteiger partial charge on any atom is 0.287 e. The van der Waals surface area contributed by atoms with Crippen molar-refractivity contribution in [3.63, 3.8) is 0 Å². The van der Waals surface area contributed by atoms with Crippen molar-refractivity contribution in [2.45, 2.75) is 63.7 Å². The van der Waals surface area contributed by atoms with Gasteiger partial charge in [0.15, 0.2) is 5.82 Å². The van der Waals surface area contributed by atoms with E-state index in [1.165, 1.54) is 12.8 Å². The molecule has 0 radical (unpaired) electrons. The Bertz CT molecular complexity index is 752. The number of imidazole rings is 1. The zero-order valence-corrected chi connectivity index (χ0v) is 14.7. The fourth-order valence-corrected chi connectivity index (χ4v) is 4.51. The first-order chi connectivity index (χ1) is 11.5. The Hall–Kier alpha value is -1.88. The van der Waals surface area contributed by atoms with E-state index in [-0.39, 0.29) is 18.0 Å². The molecule has 128 valence electrons. The average molecular weight is 326 g/mol. The van der Waals surface area contributed by atoms with E-state index >= 15 is 0 Å². The molecule has 0 aliphatic carbocycles. The lowest BCUT2D eigenvalue weighted by Gasteiger charge is -2.36. The van der Waals surface area contributed by atoms with Crippen molar-refractivity contribution < 1.29 is 4.79 Å². The number of fused-ring (bicyclic) bond motifs is 3. The summed E-state index contributed by atoms with van der Waals surface area (Å²) >= 11 is 0. The Morgan fingerprint density at radius 1 is 1.21 bits per heavy atom. The number of aromatic nitrogens is 2. The van der Waals surface area contributed by atoms with E-state index in [2.05, 4.69) is 36.1 Å². The highest BCUT2D eigenvalue weighted by molar-refractivity contribution is 5.95. The molecule has 5 nitrogen and oxygen atoms in total. The molecule has 2 fully saturated rings. The highest BCUT2D eigenvalue weighted by Gasteiger charge is 2.39. The number of para-hydroxylation sites is 2. The van der Waals surface area contributed by atoms with E-state index in [0.29, 0.717) is 17.9 Å². The summed E-state index contributed by atoms with van der Waals surface area (Å²) in [4.78, 5) is 20.0. The molecule has 2 aliphatic heterocycles. The monoisotopic (exact) mass is 326 g/mol. The van der Waals surface area contributed by atoms with E-state index in [0.717, 1.165) is 23.9 Å². The fourth-order valence-electron chi connectivity index (χ4n) is 4.51. The van der Waals surface area contributed by atoms with Crippen LogP contribution in [0, 0.1) is 0 Å². The van der Waals surface area contributed by atoms with Crippen LogP contribution in [0.4, 0.5) is 0 Å². The van der Waals surface area contributed by atoms with Gasteiger partial charge < -0.3 is 14.8 Å². The van der Waals surface area contributed by atoms with Crippen LogP contribution in [-0.2, 0) is 0 Å². The standard InChI is InChI=1S/C19H26N4O/c1-12(2)23-17-7-5-4-6-16(17)21-18(23)19(24)20-13-10-14-8-9-15(11-13)22(14)3/h4-7,12-15H,8-11H2,1-3H3,(H,20,24). The fraction of sp³-hybridized carbons (Fsp3) is 0.579. The zero-order chi connectivity index (χ0) is 16.8. The molecule has 0 saturated carbocycles. The van der Waals surface area contributed by atoms with Crippen LogP contribution >= 0.6 is 0 Å². The Morgan fingerprint density at radius 3 is 2.54 bits per heavy atom. The molecule has 24 heavy (non-hydrogen) atoms. The van der Waals surface area contributed by atoms with Gasteiger partial charge in [-0.15, -0.1) is 0 Å². The van der Waals surface area contributed by atoms with E-state index < -0.39 is 0 Å². The second-order valence-electron chi connectivity index (χ2n) is 7.58. The summed E-state index contributed by atoms with van der Waals surface area (Å²) in [5.74, 6) is 0.506. The molecule has 4 rings (SSSR count). The molecule has 2 unspecified atom stereocenters. The van der Waals surface area contributed by atoms with Crippen LogP contribution < -0.4 is 5.32 Å². The number of piperidine rings is 1. The molecular weight excluding hydrogens is 300 g/mol. The number of rotatable bonds is 3. The number of benzene rings is 1. The highest BCUT2D eigenvalue weighted by atomic mass is 16.2. The minimum absolute atomic E-state index is 0.0335. The number of amides is 1. The minimum atomic E-state index is -0.0335. The van der Waals surface area contributed by atoms with Gasteiger partial charge in [0.2, 0.25) is 0 Å². The minimum Gasteiger partial charge on any atom is -0.347 e. The summed E-state index contributed by atoms with van der Waals surface area (Å²) < 4.78 is 2.05. The predicted octanol–water partition coefficient (Wildman–Crippen LogP) is 2.97. The summed E-state index contributed by atoms with van der Waals surface area (Å²) in [5.41, 5.74) is 1.92. The van der Waals surface area contributed by atoms with Crippen LogP contribution in [0.1, 0.15) is 56.2 Å². The third-order valence-corrected chi connectivity index (χ3v) is 5.75. The molecule has 3 heterocycles. The molecule has 2 aromatic rings. The van der Waals surface area contributed by atoms with Gasteiger partial charge in [-0.3, -0.25) is 4.79 Å². The van der Waals surface area contributed by atoms with E-state index in [1.807, 2.05) is 28.8 Å². The lowest BCUT2D eigenvalue weighted by Crippen LogP contribution is -2.49. The summed E-state index contributed by atoms with van der Waals surface area (Å²) in [7, 11) is 2.22. The molecule has 2 bridgehead atoms. The van der Waals surface area contributed by atoms with Gasteiger partial charge >= 0.3 is 0 Å². The maximum absolute atomic E-state index is 12.9. The molecule has 1 aromatic carbocycles. The quantitative estimate of drug-likeness (QED) is 0.943. The largest absolute Gasteiger partial charge is 0.347 e. The Kier molecular flexibility index (Phi) is 3.83. The number of hydrogen-bond donors (Lipinski definition) is 1. The van der Waals surface area contributed by atoms with Gasteiger partial charge in [0.05, 0.1) is 11.0 Å². The predicted molar refractivity (Wildman–Crippen MR) is 95.2 cm³/mol. The Labute approximate surface area is 143 Å². The van der Waals surface area contributed by atoms with Crippen LogP contribution in [0.5, 0.6) is 0 Å². The van der Waals surface area contributed by atoms with Crippen LogP contribution in [0.2, 0.25) is 0 Å². The third-order valence-electron chi connectivity index (χ3n) is 5.75. The normalized spacial score (nSPS) is 27.1. The third kappa shape index (κ3) is 2.51. The van der Waals surface area contributed by atoms with Gasteiger partial charge in [0, 0.05) is 24.2 Å². The molecule has 2 atom stereocenters. The van der Waals surface area contributed by atoms with Crippen LogP contribution in [0.15, 0.2) is 24.3 Å². The van der Waals surface area contributed by atoms with Crippen molar-refractivity contribution in [3.8, 4) is 0 Å². The van der Waals surface area contributed by atoms with E-state index in [9.17, 15) is 4.79 Å². The summed E-state index contributed by atoms with van der Waals surface area (Å²) in [6.07, 6.45) is 4.64.